The average molecular weight is 455 g/mol. The molecule has 3 nitrogen and oxygen atoms in total. The number of carbonyl (C=O) groups excluding carboxylic acids is 3. The highest BCUT2D eigenvalue weighted by Gasteiger charge is 2.34. The first-order chi connectivity index (χ1) is 15.6. The quantitative estimate of drug-likeness (QED) is 0.294. The van der Waals surface area contributed by atoms with Crippen LogP contribution in [0.25, 0.3) is 0 Å². The van der Waals surface area contributed by atoms with E-state index in [9.17, 15) is 14.4 Å². The summed E-state index contributed by atoms with van der Waals surface area (Å²) in [6, 6.07) is 2.36. The Hall–Kier alpha value is -1.77. The Balaban J connectivity index is 2.31. The summed E-state index contributed by atoms with van der Waals surface area (Å²) in [6.07, 6.45) is 8.37. The summed E-state index contributed by atoms with van der Waals surface area (Å²) >= 11 is 0. The van der Waals surface area contributed by atoms with Crippen molar-refractivity contribution in [2.75, 3.05) is 0 Å². The molecule has 0 radical (unpaired) electrons. The molecule has 2 rings (SSSR count). The fourth-order valence-corrected chi connectivity index (χ4v) is 5.96. The SMILES string of the molecule is CCCC(CC1CC(=O)c2c(C)c(CCC(C)C)cc(CC)c2C1)C(CC)C(=O)CC(C)=O. The Morgan fingerprint density at radius 3 is 2.30 bits per heavy atom. The van der Waals surface area contributed by atoms with E-state index in [1.165, 1.54) is 29.2 Å². The van der Waals surface area contributed by atoms with Gasteiger partial charge in [-0.05, 0) is 92.4 Å². The molecule has 0 saturated heterocycles. The van der Waals surface area contributed by atoms with Gasteiger partial charge in [-0.3, -0.25) is 14.4 Å². The summed E-state index contributed by atoms with van der Waals surface area (Å²) in [5.41, 5.74) is 6.13. The monoisotopic (exact) mass is 454 g/mol. The summed E-state index contributed by atoms with van der Waals surface area (Å²) in [5, 5.41) is 0. The van der Waals surface area contributed by atoms with Crippen molar-refractivity contribution in [3.05, 3.63) is 33.9 Å². The number of Topliss-reactive ketones (excluding diaryl/α,β-unsaturated/α-hetero) is 3. The Morgan fingerprint density at radius 1 is 1.06 bits per heavy atom. The lowest BCUT2D eigenvalue weighted by Crippen LogP contribution is -2.30. The average Bonchev–Trinajstić information content (AvgIpc) is 2.73. The van der Waals surface area contributed by atoms with Crippen LogP contribution in [0.2, 0.25) is 0 Å². The molecule has 0 saturated carbocycles. The van der Waals surface area contributed by atoms with Gasteiger partial charge in [-0.15, -0.1) is 0 Å². The van der Waals surface area contributed by atoms with Gasteiger partial charge >= 0.3 is 0 Å². The number of carbonyl (C=O) groups is 3. The first-order valence-corrected chi connectivity index (χ1v) is 13.3. The van der Waals surface area contributed by atoms with E-state index in [1.54, 1.807) is 0 Å². The molecule has 0 heterocycles. The van der Waals surface area contributed by atoms with Gasteiger partial charge in [-0.2, -0.15) is 0 Å². The van der Waals surface area contributed by atoms with Gasteiger partial charge < -0.3 is 0 Å². The number of hydrogen-bond donors (Lipinski definition) is 0. The number of benzene rings is 1. The van der Waals surface area contributed by atoms with Crippen molar-refractivity contribution in [3.8, 4) is 0 Å². The van der Waals surface area contributed by atoms with Crippen molar-refractivity contribution in [1.29, 1.82) is 0 Å². The van der Waals surface area contributed by atoms with E-state index >= 15 is 0 Å². The Labute approximate surface area is 202 Å². The second-order valence-corrected chi connectivity index (χ2v) is 10.8. The van der Waals surface area contributed by atoms with Crippen LogP contribution >= 0.6 is 0 Å². The zero-order valence-electron chi connectivity index (χ0n) is 22.2. The third-order valence-corrected chi connectivity index (χ3v) is 7.65. The van der Waals surface area contributed by atoms with E-state index in [4.69, 9.17) is 0 Å². The van der Waals surface area contributed by atoms with Gasteiger partial charge in [0.1, 0.15) is 11.6 Å². The number of ketones is 3. The molecule has 0 bridgehead atoms. The summed E-state index contributed by atoms with van der Waals surface area (Å²) in [7, 11) is 0. The standard InChI is InChI=1S/C30H46O3/c1-8-11-25(26(10-3)28(32)14-20(6)31)15-22-16-27-23(9-2)18-24(13-12-19(4)5)21(7)30(27)29(33)17-22/h18-19,22,25-26H,8-17H2,1-7H3. The zero-order chi connectivity index (χ0) is 24.7. The van der Waals surface area contributed by atoms with Crippen LogP contribution in [-0.4, -0.2) is 17.3 Å². The van der Waals surface area contributed by atoms with E-state index in [1.807, 2.05) is 0 Å². The second kappa shape index (κ2) is 12.6. The maximum absolute atomic E-state index is 13.4. The third-order valence-electron chi connectivity index (χ3n) is 7.65. The van der Waals surface area contributed by atoms with E-state index in [0.29, 0.717) is 18.1 Å². The number of aryl methyl sites for hydroxylation is 2. The fraction of sp³-hybridized carbons (Fsp3) is 0.700. The molecule has 33 heavy (non-hydrogen) atoms. The van der Waals surface area contributed by atoms with Gasteiger partial charge in [0.05, 0.1) is 6.42 Å². The molecule has 1 aromatic carbocycles. The molecular formula is C30H46O3. The molecule has 3 heteroatoms. The lowest BCUT2D eigenvalue weighted by atomic mass is 9.70. The molecule has 1 aliphatic rings. The lowest BCUT2D eigenvalue weighted by Gasteiger charge is -2.33. The first kappa shape index (κ1) is 27.5. The number of fused-ring (bicyclic) bond motifs is 1. The molecule has 0 aliphatic heterocycles. The van der Waals surface area contributed by atoms with Crippen molar-refractivity contribution in [2.45, 2.75) is 113 Å². The Kier molecular flexibility index (Phi) is 10.5. The van der Waals surface area contributed by atoms with Gasteiger partial charge in [0.15, 0.2) is 5.78 Å². The molecule has 184 valence electrons. The summed E-state index contributed by atoms with van der Waals surface area (Å²) in [5.74, 6) is 1.44. The maximum atomic E-state index is 13.4. The second-order valence-electron chi connectivity index (χ2n) is 10.8. The molecule has 3 atom stereocenters. The number of hydrogen-bond acceptors (Lipinski definition) is 3. The number of rotatable bonds is 13. The summed E-state index contributed by atoms with van der Waals surface area (Å²) in [6.45, 7) is 14.6. The molecule has 0 N–H and O–H groups in total. The highest BCUT2D eigenvalue weighted by molar-refractivity contribution is 6.01. The van der Waals surface area contributed by atoms with Crippen molar-refractivity contribution < 1.29 is 14.4 Å². The van der Waals surface area contributed by atoms with Crippen LogP contribution in [0, 0.1) is 30.6 Å². The molecule has 1 aromatic rings. The van der Waals surface area contributed by atoms with Crippen molar-refractivity contribution in [3.63, 3.8) is 0 Å². The van der Waals surface area contributed by atoms with E-state index < -0.39 is 0 Å². The van der Waals surface area contributed by atoms with Crippen LogP contribution in [0.4, 0.5) is 0 Å². The Morgan fingerprint density at radius 2 is 1.76 bits per heavy atom. The maximum Gasteiger partial charge on any atom is 0.163 e. The van der Waals surface area contributed by atoms with E-state index in [0.717, 1.165) is 56.9 Å². The summed E-state index contributed by atoms with van der Waals surface area (Å²) in [4.78, 5) is 37.8. The molecule has 1 aliphatic carbocycles. The van der Waals surface area contributed by atoms with Crippen LogP contribution in [0.15, 0.2) is 6.07 Å². The molecule has 0 amide bonds. The predicted molar refractivity (Wildman–Crippen MR) is 137 cm³/mol. The smallest absolute Gasteiger partial charge is 0.163 e. The van der Waals surface area contributed by atoms with Crippen LogP contribution in [0.1, 0.15) is 119 Å². The molecule has 3 unspecified atom stereocenters. The van der Waals surface area contributed by atoms with Gasteiger partial charge in [0.2, 0.25) is 0 Å². The van der Waals surface area contributed by atoms with E-state index in [2.05, 4.69) is 47.6 Å². The zero-order valence-corrected chi connectivity index (χ0v) is 22.2. The van der Waals surface area contributed by atoms with Crippen molar-refractivity contribution >= 4 is 17.3 Å². The first-order valence-electron chi connectivity index (χ1n) is 13.3. The van der Waals surface area contributed by atoms with Gasteiger partial charge in [-0.1, -0.05) is 53.5 Å². The fourth-order valence-electron chi connectivity index (χ4n) is 5.96. The molecular weight excluding hydrogens is 408 g/mol. The highest BCUT2D eigenvalue weighted by Crippen LogP contribution is 2.38. The lowest BCUT2D eigenvalue weighted by molar-refractivity contribution is -0.129. The van der Waals surface area contributed by atoms with E-state index in [-0.39, 0.29) is 35.7 Å². The normalized spacial score (nSPS) is 17.7. The highest BCUT2D eigenvalue weighted by atomic mass is 16.1. The minimum absolute atomic E-state index is 0.0451. The summed E-state index contributed by atoms with van der Waals surface area (Å²) < 4.78 is 0. The molecule has 0 spiro atoms. The minimum atomic E-state index is -0.0730. The third kappa shape index (κ3) is 7.11. The van der Waals surface area contributed by atoms with Crippen LogP contribution in [-0.2, 0) is 28.9 Å². The largest absolute Gasteiger partial charge is 0.300 e. The van der Waals surface area contributed by atoms with Gasteiger partial charge in [-0.25, -0.2) is 0 Å². The van der Waals surface area contributed by atoms with Crippen molar-refractivity contribution in [1.82, 2.24) is 0 Å². The molecule has 0 aromatic heterocycles. The van der Waals surface area contributed by atoms with Crippen LogP contribution in [0.5, 0.6) is 0 Å². The van der Waals surface area contributed by atoms with Crippen LogP contribution < -0.4 is 0 Å². The van der Waals surface area contributed by atoms with Crippen molar-refractivity contribution in [2.24, 2.45) is 23.7 Å². The minimum Gasteiger partial charge on any atom is -0.300 e. The molecule has 0 fully saturated rings. The van der Waals surface area contributed by atoms with Crippen LogP contribution in [0.3, 0.4) is 0 Å². The topological polar surface area (TPSA) is 51.2 Å². The Bertz CT molecular complexity index is 849. The van der Waals surface area contributed by atoms with Gasteiger partial charge in [0, 0.05) is 17.9 Å². The predicted octanol–water partition coefficient (Wildman–Crippen LogP) is 7.27. The van der Waals surface area contributed by atoms with Gasteiger partial charge in [0.25, 0.3) is 0 Å².